The fraction of sp³-hybridized carbons (Fsp3) is 0.200. The van der Waals surface area contributed by atoms with Crippen molar-refractivity contribution in [3.05, 3.63) is 10.1 Å². The van der Waals surface area contributed by atoms with E-state index in [1.807, 2.05) is 0 Å². The Morgan fingerprint density at radius 3 is 2.22 bits per heavy atom. The average molecular weight is 227 g/mol. The van der Waals surface area contributed by atoms with Gasteiger partial charge < -0.3 is 9.59 Å². The van der Waals surface area contributed by atoms with Crippen LogP contribution in [0.1, 0.15) is 6.92 Å². The summed E-state index contributed by atoms with van der Waals surface area (Å²) in [5.74, 6) is 0. The maximum Gasteiger partial charge on any atom is 2.00 e. The van der Waals surface area contributed by atoms with Crippen LogP contribution in [0.15, 0.2) is 10.1 Å². The Morgan fingerprint density at radius 2 is 2.11 bits per heavy atom. The van der Waals surface area contributed by atoms with E-state index < -0.39 is 0 Å². The molecule has 0 saturated carbocycles. The van der Waals surface area contributed by atoms with Gasteiger partial charge in [-0.3, -0.25) is 0 Å². The molecule has 0 aromatic heterocycles. The molecule has 0 unspecified atom stereocenters. The number of hydrogen-bond acceptors (Lipinski definition) is 2. The molecule has 0 rings (SSSR count). The van der Waals surface area contributed by atoms with E-state index >= 15 is 0 Å². The molecule has 0 aliphatic rings. The summed E-state index contributed by atoms with van der Waals surface area (Å²) in [5.41, 5.74) is 0.361. The van der Waals surface area contributed by atoms with Gasteiger partial charge in [0, 0.05) is 6.29 Å². The standard InChI is InChI=1S/C5H4BrO2.V/c1-4(2-7)5(6)3-8;/h2H,1H3;/q-1;+2/b5-4-;. The molecule has 0 bridgehead atoms. The molecular formula is C5H4BrO2V+. The first-order valence-corrected chi connectivity index (χ1v) is 2.71. The molecule has 0 aliphatic heterocycles. The van der Waals surface area contributed by atoms with E-state index in [1.165, 1.54) is 13.2 Å². The van der Waals surface area contributed by atoms with Gasteiger partial charge in [-0.05, 0) is 0 Å². The van der Waals surface area contributed by atoms with Crippen molar-refractivity contribution >= 4 is 28.5 Å². The van der Waals surface area contributed by atoms with Crippen molar-refractivity contribution in [2.24, 2.45) is 0 Å². The fourth-order valence-electron chi connectivity index (χ4n) is 0.132. The van der Waals surface area contributed by atoms with E-state index in [-0.39, 0.29) is 23.0 Å². The van der Waals surface area contributed by atoms with Crippen molar-refractivity contribution in [3.63, 3.8) is 0 Å². The van der Waals surface area contributed by atoms with Crippen LogP contribution >= 0.6 is 15.9 Å². The van der Waals surface area contributed by atoms with Gasteiger partial charge in [-0.2, -0.15) is 0 Å². The zero-order valence-corrected chi connectivity index (χ0v) is 7.70. The fourth-order valence-corrected chi connectivity index (χ4v) is 0.226. The first kappa shape index (κ1) is 11.9. The maximum absolute atomic E-state index is 9.84. The second-order valence-corrected chi connectivity index (χ2v) is 2.01. The van der Waals surface area contributed by atoms with Crippen molar-refractivity contribution in [2.45, 2.75) is 6.92 Å². The Hall–Kier alpha value is 0.144. The third-order valence-corrected chi connectivity index (χ3v) is 1.40. The van der Waals surface area contributed by atoms with Crippen molar-refractivity contribution < 1.29 is 28.1 Å². The predicted molar refractivity (Wildman–Crippen MR) is 33.4 cm³/mol. The molecule has 0 saturated heterocycles. The monoisotopic (exact) mass is 226 g/mol. The minimum absolute atomic E-state index is 0. The Balaban J connectivity index is 0. The number of carbonyl (C=O) groups excluding carboxylic acids is 2. The molecular weight excluding hydrogens is 223 g/mol. The predicted octanol–water partition coefficient (Wildman–Crippen LogP) is 0.961. The third kappa shape index (κ3) is 4.64. The topological polar surface area (TPSA) is 34.1 Å². The smallest absolute Gasteiger partial charge is 0.418 e. The van der Waals surface area contributed by atoms with E-state index in [9.17, 15) is 9.59 Å². The number of halogens is 1. The van der Waals surface area contributed by atoms with Crippen LogP contribution in [-0.4, -0.2) is 12.6 Å². The van der Waals surface area contributed by atoms with Gasteiger partial charge in [0.2, 0.25) is 0 Å². The number of aldehydes is 1. The molecule has 0 atom stereocenters. The van der Waals surface area contributed by atoms with Crippen LogP contribution in [0.5, 0.6) is 0 Å². The zero-order valence-electron chi connectivity index (χ0n) is 4.72. The number of hydrogen-bond donors (Lipinski definition) is 0. The normalized spacial score (nSPS) is 10.9. The summed E-state index contributed by atoms with van der Waals surface area (Å²) in [6, 6.07) is 0. The maximum atomic E-state index is 9.84. The van der Waals surface area contributed by atoms with Gasteiger partial charge in [0.25, 0.3) is 0 Å². The van der Waals surface area contributed by atoms with Crippen LogP contribution < -0.4 is 0 Å². The number of rotatable bonds is 2. The first-order chi connectivity index (χ1) is 3.72. The molecule has 0 spiro atoms. The molecule has 0 fully saturated rings. The molecule has 0 aromatic rings. The Bertz CT molecular complexity index is 126. The zero-order chi connectivity index (χ0) is 6.57. The van der Waals surface area contributed by atoms with Gasteiger partial charge in [-0.1, -0.05) is 15.9 Å². The van der Waals surface area contributed by atoms with E-state index in [1.54, 1.807) is 0 Å². The van der Waals surface area contributed by atoms with Crippen LogP contribution in [0.3, 0.4) is 0 Å². The van der Waals surface area contributed by atoms with E-state index in [0.29, 0.717) is 11.9 Å². The third-order valence-electron chi connectivity index (χ3n) is 0.613. The summed E-state index contributed by atoms with van der Waals surface area (Å²) in [7, 11) is 0. The molecule has 0 aliphatic carbocycles. The molecule has 0 aromatic carbocycles. The van der Waals surface area contributed by atoms with Gasteiger partial charge in [0.15, 0.2) is 0 Å². The second-order valence-electron chi connectivity index (χ2n) is 1.22. The molecule has 9 heavy (non-hydrogen) atoms. The van der Waals surface area contributed by atoms with Crippen LogP contribution in [0, 0.1) is 0 Å². The van der Waals surface area contributed by atoms with E-state index in [4.69, 9.17) is 0 Å². The molecule has 47 valence electrons. The molecule has 2 nitrogen and oxygen atoms in total. The van der Waals surface area contributed by atoms with Crippen molar-refractivity contribution in [2.75, 3.05) is 0 Å². The summed E-state index contributed by atoms with van der Waals surface area (Å²) in [4.78, 5) is 19.6. The average Bonchev–Trinajstić information content (AvgIpc) is 1.84. The van der Waals surface area contributed by atoms with Gasteiger partial charge in [-0.25, -0.2) is 0 Å². The Morgan fingerprint density at radius 1 is 1.67 bits per heavy atom. The SMILES string of the molecule is C/C(C=O)=C(/Br)[C-]=O.[V+2]. The largest absolute Gasteiger partial charge is 2.00 e. The minimum Gasteiger partial charge on any atom is -0.418 e. The second kappa shape index (κ2) is 6.27. The molecule has 4 heteroatoms. The molecule has 0 amide bonds. The number of allylic oxidation sites excluding steroid dienone is 2. The Kier molecular flexibility index (Phi) is 8.28. The van der Waals surface area contributed by atoms with Crippen LogP contribution in [-0.2, 0) is 28.1 Å². The van der Waals surface area contributed by atoms with Crippen molar-refractivity contribution in [1.82, 2.24) is 0 Å². The summed E-state index contributed by atoms with van der Waals surface area (Å²) < 4.78 is 0.188. The van der Waals surface area contributed by atoms with Crippen LogP contribution in [0.2, 0.25) is 0 Å². The van der Waals surface area contributed by atoms with Crippen molar-refractivity contribution in [1.29, 1.82) is 0 Å². The van der Waals surface area contributed by atoms with Gasteiger partial charge in [-0.15, -0.1) is 17.0 Å². The first-order valence-electron chi connectivity index (χ1n) is 1.92. The molecule has 0 heterocycles. The molecule has 1 radical (unpaired) electrons. The summed E-state index contributed by atoms with van der Waals surface area (Å²) in [5, 5.41) is 0. The van der Waals surface area contributed by atoms with E-state index in [0.717, 1.165) is 0 Å². The summed E-state index contributed by atoms with van der Waals surface area (Å²) >= 11 is 2.83. The van der Waals surface area contributed by atoms with Gasteiger partial charge in [0.05, 0.1) is 6.29 Å². The quantitative estimate of drug-likeness (QED) is 0.400. The van der Waals surface area contributed by atoms with Crippen LogP contribution in [0.25, 0.3) is 0 Å². The van der Waals surface area contributed by atoms with E-state index in [2.05, 4.69) is 15.9 Å². The van der Waals surface area contributed by atoms with Gasteiger partial charge >= 0.3 is 18.6 Å². The van der Waals surface area contributed by atoms with Crippen molar-refractivity contribution in [3.8, 4) is 0 Å². The Labute approximate surface area is 73.7 Å². The minimum atomic E-state index is 0. The number of carbonyl (C=O) groups is 1. The molecule has 0 N–H and O–H groups in total. The summed E-state index contributed by atoms with van der Waals surface area (Å²) in [6.45, 7) is 1.53. The van der Waals surface area contributed by atoms with Crippen LogP contribution in [0.4, 0.5) is 0 Å². The summed E-state index contributed by atoms with van der Waals surface area (Å²) in [6.07, 6.45) is 2.12. The van der Waals surface area contributed by atoms with Gasteiger partial charge in [0.1, 0.15) is 0 Å².